The first kappa shape index (κ1) is 28.7. The molecule has 3 N–H and O–H groups in total. The third-order valence-electron chi connectivity index (χ3n) is 12.6. The number of likely N-dealkylation sites (N-methyl/N-ethyl adjacent to an activating group) is 1. The molecular weight excluding hydrogens is 522 g/mol. The Balaban J connectivity index is 1.21. The largest absolute Gasteiger partial charge is 0.481 e. The Labute approximate surface area is 242 Å². The number of fused-ring (bicyclic) bond motifs is 5. The molecule has 9 heteroatoms. The third kappa shape index (κ3) is 4.71. The van der Waals surface area contributed by atoms with E-state index in [4.69, 9.17) is 4.42 Å². The second-order valence-electron chi connectivity index (χ2n) is 14.5. The number of hydrogen-bond acceptors (Lipinski definition) is 6. The van der Waals surface area contributed by atoms with Crippen molar-refractivity contribution in [2.75, 3.05) is 33.2 Å². The number of aliphatic carboxylic acids is 1. The van der Waals surface area contributed by atoms with Crippen molar-refractivity contribution in [3.8, 4) is 0 Å². The molecule has 6 rings (SSSR count). The maximum Gasteiger partial charge on any atom is 0.335 e. The molecule has 4 aliphatic carbocycles. The fourth-order valence-corrected chi connectivity index (χ4v) is 10.4. The molecule has 41 heavy (non-hydrogen) atoms. The molecule has 2 heterocycles. The lowest BCUT2D eigenvalue weighted by atomic mass is 9.43. The molecule has 4 saturated carbocycles. The molecule has 5 fully saturated rings. The van der Waals surface area contributed by atoms with Gasteiger partial charge in [0, 0.05) is 50.1 Å². The molecule has 1 aliphatic heterocycles. The first-order valence-corrected chi connectivity index (χ1v) is 15.7. The van der Waals surface area contributed by atoms with Gasteiger partial charge in [0.2, 0.25) is 0 Å². The van der Waals surface area contributed by atoms with Gasteiger partial charge >= 0.3 is 17.6 Å². The van der Waals surface area contributed by atoms with Crippen molar-refractivity contribution in [2.24, 2.45) is 34.5 Å². The zero-order valence-corrected chi connectivity index (χ0v) is 24.8. The maximum absolute atomic E-state index is 13.0. The van der Waals surface area contributed by atoms with Crippen LogP contribution < -0.4 is 10.9 Å². The summed E-state index contributed by atoms with van der Waals surface area (Å²) in [6.45, 7) is 7.95. The number of amides is 2. The van der Waals surface area contributed by atoms with Crippen LogP contribution in [0, 0.1) is 34.5 Å². The van der Waals surface area contributed by atoms with E-state index in [1.807, 2.05) is 4.90 Å². The van der Waals surface area contributed by atoms with Crippen molar-refractivity contribution < 1.29 is 24.2 Å². The number of piperazine rings is 1. The second-order valence-corrected chi connectivity index (χ2v) is 14.5. The zero-order valence-electron chi connectivity index (χ0n) is 24.8. The first-order valence-electron chi connectivity index (χ1n) is 15.7. The van der Waals surface area contributed by atoms with Gasteiger partial charge in [0.05, 0.1) is 11.9 Å². The van der Waals surface area contributed by atoms with Gasteiger partial charge in [-0.15, -0.1) is 0 Å². The van der Waals surface area contributed by atoms with Crippen molar-refractivity contribution in [1.29, 1.82) is 0 Å². The molecule has 2 amide bonds. The molecule has 9 atom stereocenters. The summed E-state index contributed by atoms with van der Waals surface area (Å²) in [6, 6.07) is 3.44. The number of carboxylic acid groups (broad SMARTS) is 1. The smallest absolute Gasteiger partial charge is 0.335 e. The number of carbonyl (C=O) groups is 2. The van der Waals surface area contributed by atoms with Crippen LogP contribution in [-0.4, -0.2) is 76.9 Å². The Morgan fingerprint density at radius 2 is 1.80 bits per heavy atom. The molecule has 0 aromatic carbocycles. The average molecular weight is 570 g/mol. The summed E-state index contributed by atoms with van der Waals surface area (Å²) >= 11 is 0. The number of urea groups is 1. The Hall–Kier alpha value is -2.39. The van der Waals surface area contributed by atoms with Crippen LogP contribution >= 0.6 is 0 Å². The molecule has 1 aromatic heterocycles. The zero-order chi connectivity index (χ0) is 29.2. The van der Waals surface area contributed by atoms with E-state index in [0.717, 1.165) is 76.7 Å². The van der Waals surface area contributed by atoms with E-state index in [1.54, 1.807) is 6.07 Å². The van der Waals surface area contributed by atoms with Gasteiger partial charge in [-0.25, -0.2) is 9.59 Å². The van der Waals surface area contributed by atoms with Crippen LogP contribution in [0.1, 0.15) is 83.1 Å². The molecule has 0 unspecified atom stereocenters. The highest BCUT2D eigenvalue weighted by Crippen LogP contribution is 2.72. The fraction of sp³-hybridized carbons (Fsp3) is 0.781. The minimum Gasteiger partial charge on any atom is -0.481 e. The minimum atomic E-state index is -0.975. The van der Waals surface area contributed by atoms with Crippen LogP contribution in [-0.2, 0) is 4.79 Å². The van der Waals surface area contributed by atoms with E-state index >= 15 is 0 Å². The quantitative estimate of drug-likeness (QED) is 0.502. The lowest BCUT2D eigenvalue weighted by Crippen LogP contribution is -2.62. The Morgan fingerprint density at radius 1 is 1.05 bits per heavy atom. The first-order chi connectivity index (χ1) is 19.4. The van der Waals surface area contributed by atoms with E-state index in [9.17, 15) is 24.6 Å². The molecule has 0 radical (unpaired) electrons. The van der Waals surface area contributed by atoms with Crippen LogP contribution in [0.5, 0.6) is 0 Å². The van der Waals surface area contributed by atoms with Crippen molar-refractivity contribution in [3.63, 3.8) is 0 Å². The SMILES string of the molecule is CN1CCN(C(=O)N[C@H]2CC[C@@]3(C)[C@H](CC[C@@H]4[C@@H]3CC[C@]3(C)[C@@H](c5ccc(=O)oc5)[C@H](CC(=O)O)C[C@]43O)C2)CC1. The summed E-state index contributed by atoms with van der Waals surface area (Å²) in [5.74, 6) is -0.284. The Kier molecular flexibility index (Phi) is 7.29. The van der Waals surface area contributed by atoms with Gasteiger partial charge in [0.15, 0.2) is 0 Å². The lowest BCUT2D eigenvalue weighted by Gasteiger charge is -2.63. The third-order valence-corrected chi connectivity index (χ3v) is 12.6. The Morgan fingerprint density at radius 3 is 2.49 bits per heavy atom. The number of rotatable bonds is 4. The number of hydrogen-bond donors (Lipinski definition) is 3. The highest BCUT2D eigenvalue weighted by molar-refractivity contribution is 5.74. The average Bonchev–Trinajstić information content (AvgIpc) is 3.15. The summed E-state index contributed by atoms with van der Waals surface area (Å²) in [5.41, 5.74) is -0.978. The molecule has 1 saturated heterocycles. The predicted molar refractivity (Wildman–Crippen MR) is 153 cm³/mol. The molecule has 1 aromatic rings. The predicted octanol–water partition coefficient (Wildman–Crippen LogP) is 3.91. The monoisotopic (exact) mass is 569 g/mol. The molecule has 0 spiro atoms. The van der Waals surface area contributed by atoms with Crippen LogP contribution in [0.15, 0.2) is 27.6 Å². The molecule has 0 bridgehead atoms. The Bertz CT molecular complexity index is 1210. The van der Waals surface area contributed by atoms with E-state index < -0.39 is 22.6 Å². The molecule has 226 valence electrons. The number of aliphatic hydroxyl groups is 1. The van der Waals surface area contributed by atoms with Gasteiger partial charge in [-0.05, 0) is 105 Å². The van der Waals surface area contributed by atoms with Gasteiger partial charge in [-0.3, -0.25) is 4.79 Å². The van der Waals surface area contributed by atoms with E-state index in [-0.39, 0.29) is 41.7 Å². The molecular formula is C32H47N3O6. The standard InChI is InChI=1S/C32H47N3O6/c1-30-10-8-23(33-29(39)35-14-12-34(3)13-15-35)17-22(30)5-6-25-24(30)9-11-31(2)28(20-4-7-27(38)41-19-20)21(16-26(36)37)18-32(25,31)40/h4,7,19,21-25,28,40H,5-6,8-18H2,1-3H3,(H,33,39)(H,36,37)/t21-,22-,23+,24+,25-,28+,30+,31-,32+/m1/s1. The number of nitrogens with zero attached hydrogens (tertiary/aromatic N) is 2. The van der Waals surface area contributed by atoms with Crippen molar-refractivity contribution in [1.82, 2.24) is 15.1 Å². The normalized spacial score (nSPS) is 42.6. The van der Waals surface area contributed by atoms with Crippen molar-refractivity contribution in [2.45, 2.75) is 89.2 Å². The molecule has 9 nitrogen and oxygen atoms in total. The van der Waals surface area contributed by atoms with Crippen molar-refractivity contribution >= 4 is 12.0 Å². The van der Waals surface area contributed by atoms with Crippen LogP contribution in [0.2, 0.25) is 0 Å². The van der Waals surface area contributed by atoms with Crippen LogP contribution in [0.3, 0.4) is 0 Å². The number of carbonyl (C=O) groups excluding carboxylic acids is 1. The van der Waals surface area contributed by atoms with Gasteiger partial charge in [0.25, 0.3) is 0 Å². The molecule has 5 aliphatic rings. The lowest BCUT2D eigenvalue weighted by molar-refractivity contribution is -0.202. The summed E-state index contributed by atoms with van der Waals surface area (Å²) in [4.78, 5) is 40.9. The van der Waals surface area contributed by atoms with E-state index in [0.29, 0.717) is 18.3 Å². The number of carboxylic acids is 1. The van der Waals surface area contributed by atoms with Crippen LogP contribution in [0.25, 0.3) is 0 Å². The van der Waals surface area contributed by atoms with Gasteiger partial charge in [0.1, 0.15) is 0 Å². The fourth-order valence-electron chi connectivity index (χ4n) is 10.4. The second kappa shape index (κ2) is 10.4. The summed E-state index contributed by atoms with van der Waals surface area (Å²) in [6.07, 6.45) is 8.68. The minimum absolute atomic E-state index is 0.00629. The van der Waals surface area contributed by atoms with Gasteiger partial charge < -0.3 is 29.7 Å². The maximum atomic E-state index is 13.0. The summed E-state index contributed by atoms with van der Waals surface area (Å²) in [7, 11) is 2.09. The topological polar surface area (TPSA) is 123 Å². The van der Waals surface area contributed by atoms with Crippen LogP contribution in [0.4, 0.5) is 4.79 Å². The summed E-state index contributed by atoms with van der Waals surface area (Å²) in [5, 5.41) is 25.9. The summed E-state index contributed by atoms with van der Waals surface area (Å²) < 4.78 is 5.24. The number of nitrogens with one attached hydrogen (secondary N) is 1. The van der Waals surface area contributed by atoms with E-state index in [2.05, 4.69) is 31.1 Å². The highest BCUT2D eigenvalue weighted by Gasteiger charge is 2.69. The van der Waals surface area contributed by atoms with Gasteiger partial charge in [-0.1, -0.05) is 13.8 Å². The van der Waals surface area contributed by atoms with Gasteiger partial charge in [-0.2, -0.15) is 0 Å². The van der Waals surface area contributed by atoms with E-state index in [1.165, 1.54) is 12.3 Å². The van der Waals surface area contributed by atoms with Crippen molar-refractivity contribution in [3.05, 3.63) is 34.4 Å². The highest BCUT2D eigenvalue weighted by atomic mass is 16.4.